The number of carbonyl (C=O) groups is 4. The van der Waals surface area contributed by atoms with E-state index in [1.165, 1.54) is 16.8 Å². The third kappa shape index (κ3) is 4.94. The fourth-order valence-corrected chi connectivity index (χ4v) is 3.68. The van der Waals surface area contributed by atoms with Gasteiger partial charge in [0.1, 0.15) is 6.04 Å². The van der Waals surface area contributed by atoms with Gasteiger partial charge in [-0.05, 0) is 43.2 Å². The third-order valence-corrected chi connectivity index (χ3v) is 5.58. The number of amides is 4. The zero-order chi connectivity index (χ0) is 22.5. The summed E-state index contributed by atoms with van der Waals surface area (Å²) in [4.78, 5) is 52.7. The molecule has 0 fully saturated rings. The maximum absolute atomic E-state index is 13.0. The fraction of sp³-hybridized carbons (Fsp3) is 0.304. The van der Waals surface area contributed by atoms with E-state index in [1.54, 1.807) is 55.5 Å². The van der Waals surface area contributed by atoms with Crippen LogP contribution in [0, 0.1) is 0 Å². The second-order valence-electron chi connectivity index (χ2n) is 7.35. The molecule has 1 atom stereocenters. The molecule has 0 saturated heterocycles. The summed E-state index contributed by atoms with van der Waals surface area (Å²) in [7, 11) is 1.52. The van der Waals surface area contributed by atoms with Gasteiger partial charge >= 0.3 is 0 Å². The molecule has 1 heterocycles. The lowest BCUT2D eigenvalue weighted by atomic mass is 10.1. The minimum absolute atomic E-state index is 0.0995. The summed E-state index contributed by atoms with van der Waals surface area (Å²) in [6, 6.07) is 13.1. The zero-order valence-corrected chi connectivity index (χ0v) is 18.2. The molecule has 8 heteroatoms. The summed E-state index contributed by atoms with van der Waals surface area (Å²) in [6.45, 7) is 2.05. The monoisotopic (exact) mass is 441 g/mol. The minimum atomic E-state index is -0.674. The smallest absolute Gasteiger partial charge is 0.261 e. The molecule has 162 valence electrons. The van der Waals surface area contributed by atoms with E-state index in [-0.39, 0.29) is 43.1 Å². The molecule has 2 aromatic carbocycles. The number of imide groups is 1. The third-order valence-electron chi connectivity index (χ3n) is 5.33. The van der Waals surface area contributed by atoms with Crippen LogP contribution < -0.4 is 5.32 Å². The van der Waals surface area contributed by atoms with Crippen molar-refractivity contribution in [2.75, 3.05) is 13.6 Å². The van der Waals surface area contributed by atoms with Crippen LogP contribution >= 0.6 is 11.6 Å². The molecule has 1 aliphatic rings. The lowest BCUT2D eigenvalue weighted by Crippen LogP contribution is -2.46. The normalized spacial score (nSPS) is 13.7. The van der Waals surface area contributed by atoms with Crippen molar-refractivity contribution in [3.05, 3.63) is 70.2 Å². The predicted molar refractivity (Wildman–Crippen MR) is 117 cm³/mol. The molecule has 1 aliphatic heterocycles. The number of nitrogens with one attached hydrogen (secondary N) is 1. The maximum Gasteiger partial charge on any atom is 0.261 e. The molecule has 0 unspecified atom stereocenters. The number of halogens is 1. The van der Waals surface area contributed by atoms with Crippen molar-refractivity contribution in [2.24, 2.45) is 0 Å². The van der Waals surface area contributed by atoms with Gasteiger partial charge in [-0.1, -0.05) is 35.9 Å². The highest BCUT2D eigenvalue weighted by Crippen LogP contribution is 2.23. The Morgan fingerprint density at radius 2 is 1.61 bits per heavy atom. The van der Waals surface area contributed by atoms with E-state index in [2.05, 4.69) is 5.32 Å². The first kappa shape index (κ1) is 22.5. The summed E-state index contributed by atoms with van der Waals surface area (Å²) < 4.78 is 0. The Morgan fingerprint density at radius 1 is 1.03 bits per heavy atom. The first-order valence-electron chi connectivity index (χ1n) is 10.0. The predicted octanol–water partition coefficient (Wildman–Crippen LogP) is 2.88. The molecule has 0 bridgehead atoms. The van der Waals surface area contributed by atoms with Gasteiger partial charge in [0.15, 0.2) is 0 Å². The number of hydrogen-bond acceptors (Lipinski definition) is 4. The van der Waals surface area contributed by atoms with Crippen LogP contribution in [0.15, 0.2) is 48.5 Å². The largest absolute Gasteiger partial charge is 0.357 e. The number of likely N-dealkylation sites (N-methyl/N-ethyl adjacent to an activating group) is 1. The van der Waals surface area contributed by atoms with Gasteiger partial charge in [0.05, 0.1) is 11.1 Å². The van der Waals surface area contributed by atoms with Crippen LogP contribution in [0.3, 0.4) is 0 Å². The van der Waals surface area contributed by atoms with Crippen molar-refractivity contribution in [1.82, 2.24) is 15.1 Å². The van der Waals surface area contributed by atoms with E-state index in [1.807, 2.05) is 0 Å². The molecule has 0 aliphatic carbocycles. The molecule has 0 radical (unpaired) electrons. The number of nitrogens with zero attached hydrogens (tertiary/aromatic N) is 2. The Kier molecular flexibility index (Phi) is 7.07. The van der Waals surface area contributed by atoms with Gasteiger partial charge in [-0.15, -0.1) is 0 Å². The lowest BCUT2D eigenvalue weighted by Gasteiger charge is -2.28. The van der Waals surface area contributed by atoms with Crippen molar-refractivity contribution in [2.45, 2.75) is 32.4 Å². The average molecular weight is 442 g/mol. The molecule has 1 N–H and O–H groups in total. The van der Waals surface area contributed by atoms with Crippen LogP contribution in [0.25, 0.3) is 0 Å². The second-order valence-corrected chi connectivity index (χ2v) is 7.79. The number of benzene rings is 2. The Bertz CT molecular complexity index is 971. The van der Waals surface area contributed by atoms with Gasteiger partial charge < -0.3 is 10.2 Å². The standard InChI is InChI=1S/C23H24ClN3O4/c1-15(21(29)25-2)27(14-16-9-11-17(24)12-10-16)20(28)8-5-13-26-22(30)18-6-3-4-7-19(18)23(26)31/h3-4,6-7,9-12,15H,5,8,13-14H2,1-2H3,(H,25,29)/t15-/m1/s1. The molecule has 0 saturated carbocycles. The maximum atomic E-state index is 13.0. The van der Waals surface area contributed by atoms with Gasteiger partial charge in [0, 0.05) is 31.6 Å². The topological polar surface area (TPSA) is 86.8 Å². The zero-order valence-electron chi connectivity index (χ0n) is 17.4. The highest BCUT2D eigenvalue weighted by molar-refractivity contribution is 6.30. The van der Waals surface area contributed by atoms with Crippen molar-refractivity contribution in [1.29, 1.82) is 0 Å². The van der Waals surface area contributed by atoms with E-state index in [4.69, 9.17) is 11.6 Å². The number of carbonyl (C=O) groups excluding carboxylic acids is 4. The Balaban J connectivity index is 1.65. The van der Waals surface area contributed by atoms with E-state index in [0.717, 1.165) is 5.56 Å². The van der Waals surface area contributed by atoms with Crippen LogP contribution in [-0.2, 0) is 16.1 Å². The number of hydrogen-bond donors (Lipinski definition) is 1. The van der Waals surface area contributed by atoms with Crippen molar-refractivity contribution in [3.63, 3.8) is 0 Å². The van der Waals surface area contributed by atoms with Crippen LogP contribution in [-0.4, -0.2) is 53.1 Å². The Labute approximate surface area is 186 Å². The molecule has 0 spiro atoms. The van der Waals surface area contributed by atoms with Crippen molar-refractivity contribution < 1.29 is 19.2 Å². The Morgan fingerprint density at radius 3 is 2.16 bits per heavy atom. The SMILES string of the molecule is CNC(=O)[C@@H](C)N(Cc1ccc(Cl)cc1)C(=O)CCCN1C(=O)c2ccccc2C1=O. The molecule has 7 nitrogen and oxygen atoms in total. The van der Waals surface area contributed by atoms with Crippen LogP contribution in [0.4, 0.5) is 0 Å². The second kappa shape index (κ2) is 9.75. The van der Waals surface area contributed by atoms with Gasteiger partial charge in [-0.25, -0.2) is 0 Å². The molecule has 31 heavy (non-hydrogen) atoms. The fourth-order valence-electron chi connectivity index (χ4n) is 3.55. The molecular weight excluding hydrogens is 418 g/mol. The molecule has 4 amide bonds. The summed E-state index contributed by atoms with van der Waals surface area (Å²) in [6.07, 6.45) is 0.407. The van der Waals surface area contributed by atoms with E-state index >= 15 is 0 Å². The highest BCUT2D eigenvalue weighted by Gasteiger charge is 2.35. The number of fused-ring (bicyclic) bond motifs is 1. The minimum Gasteiger partial charge on any atom is -0.357 e. The van der Waals surface area contributed by atoms with Crippen molar-refractivity contribution >= 4 is 35.2 Å². The first-order valence-corrected chi connectivity index (χ1v) is 10.4. The van der Waals surface area contributed by atoms with E-state index < -0.39 is 6.04 Å². The lowest BCUT2D eigenvalue weighted by molar-refractivity contribution is -0.140. The number of rotatable bonds is 8. The van der Waals surface area contributed by atoms with Crippen LogP contribution in [0.2, 0.25) is 5.02 Å². The summed E-state index contributed by atoms with van der Waals surface area (Å²) in [5.41, 5.74) is 1.61. The molecule has 2 aromatic rings. The van der Waals surface area contributed by atoms with Crippen LogP contribution in [0.1, 0.15) is 46.0 Å². The highest BCUT2D eigenvalue weighted by atomic mass is 35.5. The first-order chi connectivity index (χ1) is 14.8. The summed E-state index contributed by atoms with van der Waals surface area (Å²) in [5.74, 6) is -1.19. The van der Waals surface area contributed by atoms with Gasteiger partial charge in [-0.3, -0.25) is 24.1 Å². The van der Waals surface area contributed by atoms with Crippen LogP contribution in [0.5, 0.6) is 0 Å². The molecule has 3 rings (SSSR count). The Hall–Kier alpha value is -3.19. The van der Waals surface area contributed by atoms with E-state index in [9.17, 15) is 19.2 Å². The van der Waals surface area contributed by atoms with Crippen molar-refractivity contribution in [3.8, 4) is 0 Å². The van der Waals surface area contributed by atoms with Gasteiger partial charge in [0.25, 0.3) is 11.8 Å². The summed E-state index contributed by atoms with van der Waals surface area (Å²) >= 11 is 5.93. The van der Waals surface area contributed by atoms with Gasteiger partial charge in [0.2, 0.25) is 11.8 Å². The summed E-state index contributed by atoms with van der Waals surface area (Å²) in [5, 5.41) is 3.15. The van der Waals surface area contributed by atoms with E-state index in [0.29, 0.717) is 22.6 Å². The van der Waals surface area contributed by atoms with Gasteiger partial charge in [-0.2, -0.15) is 0 Å². The molecule has 0 aromatic heterocycles. The molecular formula is C23H24ClN3O4. The average Bonchev–Trinajstić information content (AvgIpc) is 3.02. The quantitative estimate of drug-likeness (QED) is 0.638.